The molecule has 0 atom stereocenters. The van der Waals surface area contributed by atoms with E-state index >= 15 is 0 Å². The fourth-order valence-electron chi connectivity index (χ4n) is 1.36. The van der Waals surface area contributed by atoms with Gasteiger partial charge in [-0.25, -0.2) is 0 Å². The average Bonchev–Trinajstić information content (AvgIpc) is 2.31. The topological polar surface area (TPSA) is 39.1 Å². The van der Waals surface area contributed by atoms with Crippen LogP contribution in [0.4, 0.5) is 0 Å². The van der Waals surface area contributed by atoms with E-state index in [1.165, 1.54) is 22.9 Å². The number of aromatic nitrogens is 1. The van der Waals surface area contributed by atoms with Crippen LogP contribution in [0.1, 0.15) is 10.4 Å². The number of benzene rings is 1. The Hall–Kier alpha value is -2.16. The maximum Gasteiger partial charge on any atom is 0.255 e. The number of hydrogen-bond donors (Lipinski definition) is 0. The van der Waals surface area contributed by atoms with Gasteiger partial charge in [-0.05, 0) is 18.2 Å². The molecule has 1 aromatic heterocycles. The zero-order chi connectivity index (χ0) is 10.7. The van der Waals surface area contributed by atoms with E-state index in [4.69, 9.17) is 0 Å². The van der Waals surface area contributed by atoms with Crippen molar-refractivity contribution in [2.45, 2.75) is 0 Å². The summed E-state index contributed by atoms with van der Waals surface area (Å²) < 4.78 is 1.45. The first-order valence-electron chi connectivity index (χ1n) is 4.54. The van der Waals surface area contributed by atoms with Crippen molar-refractivity contribution in [1.82, 2.24) is 4.57 Å². The molecule has 0 saturated carbocycles. The molecule has 2 rings (SSSR count). The molecule has 0 spiro atoms. The first-order chi connectivity index (χ1) is 7.31. The quantitative estimate of drug-likeness (QED) is 0.690. The highest BCUT2D eigenvalue weighted by atomic mass is 16.1. The summed E-state index contributed by atoms with van der Waals surface area (Å²) in [5.41, 5.74) is 1.09. The fourth-order valence-corrected chi connectivity index (χ4v) is 1.36. The Balaban J connectivity index is 2.62. The second kappa shape index (κ2) is 3.92. The highest BCUT2D eigenvalue weighted by molar-refractivity contribution is 5.74. The molecule has 0 saturated heterocycles. The van der Waals surface area contributed by atoms with Crippen molar-refractivity contribution in [3.8, 4) is 5.69 Å². The standard InChI is InChI=1S/C12H9NO2/c14-9-10-6-7-12(15)13(8-10)11-4-2-1-3-5-11/h1-9H. The number of para-hydroxylation sites is 1. The van der Waals surface area contributed by atoms with Gasteiger partial charge in [0.05, 0.1) is 0 Å². The van der Waals surface area contributed by atoms with Gasteiger partial charge in [0.25, 0.3) is 5.56 Å². The lowest BCUT2D eigenvalue weighted by Gasteiger charge is -2.04. The van der Waals surface area contributed by atoms with Crippen molar-refractivity contribution in [2.75, 3.05) is 0 Å². The normalized spacial score (nSPS) is 9.87. The van der Waals surface area contributed by atoms with E-state index in [1.807, 2.05) is 30.3 Å². The van der Waals surface area contributed by atoms with Gasteiger partial charge in [-0.1, -0.05) is 18.2 Å². The molecule has 0 amide bonds. The van der Waals surface area contributed by atoms with Crippen molar-refractivity contribution < 1.29 is 4.79 Å². The summed E-state index contributed by atoms with van der Waals surface area (Å²) in [6.45, 7) is 0. The second-order valence-electron chi connectivity index (χ2n) is 3.12. The predicted molar refractivity (Wildman–Crippen MR) is 57.4 cm³/mol. The van der Waals surface area contributed by atoms with Gasteiger partial charge >= 0.3 is 0 Å². The summed E-state index contributed by atoms with van der Waals surface area (Å²) in [5, 5.41) is 0. The van der Waals surface area contributed by atoms with Crippen molar-refractivity contribution >= 4 is 6.29 Å². The Labute approximate surface area is 86.6 Å². The molecule has 0 N–H and O–H groups in total. The zero-order valence-electron chi connectivity index (χ0n) is 7.96. The lowest BCUT2D eigenvalue weighted by Crippen LogP contribution is -2.16. The van der Waals surface area contributed by atoms with Gasteiger partial charge in [-0.2, -0.15) is 0 Å². The molecule has 1 aromatic carbocycles. The summed E-state index contributed by atoms with van der Waals surface area (Å²) in [6, 6.07) is 12.1. The Kier molecular flexibility index (Phi) is 2.46. The van der Waals surface area contributed by atoms with Gasteiger partial charge in [-0.3, -0.25) is 14.2 Å². The number of rotatable bonds is 2. The highest BCUT2D eigenvalue weighted by Crippen LogP contribution is 2.04. The molecule has 3 heteroatoms. The van der Waals surface area contributed by atoms with Gasteiger partial charge in [0.1, 0.15) is 0 Å². The molecule has 0 aliphatic carbocycles. The van der Waals surface area contributed by atoms with E-state index in [0.717, 1.165) is 12.0 Å². The molecule has 0 aliphatic heterocycles. The van der Waals surface area contributed by atoms with Gasteiger partial charge < -0.3 is 0 Å². The zero-order valence-corrected chi connectivity index (χ0v) is 7.96. The third kappa shape index (κ3) is 1.86. The van der Waals surface area contributed by atoms with Gasteiger partial charge in [0.2, 0.25) is 0 Å². The largest absolute Gasteiger partial charge is 0.298 e. The maximum atomic E-state index is 11.5. The summed E-state index contributed by atoms with van der Waals surface area (Å²) in [6.07, 6.45) is 2.25. The van der Waals surface area contributed by atoms with Gasteiger partial charge in [0.15, 0.2) is 6.29 Å². The number of carbonyl (C=O) groups excluding carboxylic acids is 1. The van der Waals surface area contributed by atoms with Crippen molar-refractivity contribution in [3.05, 3.63) is 64.6 Å². The second-order valence-corrected chi connectivity index (χ2v) is 3.12. The third-order valence-electron chi connectivity index (χ3n) is 2.10. The van der Waals surface area contributed by atoms with Crippen LogP contribution >= 0.6 is 0 Å². The molecule has 0 aliphatic rings. The number of aldehydes is 1. The van der Waals surface area contributed by atoms with Crippen LogP contribution in [0.25, 0.3) is 5.69 Å². The average molecular weight is 199 g/mol. The maximum absolute atomic E-state index is 11.5. The number of hydrogen-bond acceptors (Lipinski definition) is 2. The van der Waals surface area contributed by atoms with Crippen LogP contribution in [0.3, 0.4) is 0 Å². The Morgan fingerprint density at radius 2 is 1.73 bits per heavy atom. The molecule has 0 fully saturated rings. The van der Waals surface area contributed by atoms with Crippen LogP contribution in [0.15, 0.2) is 53.5 Å². The minimum atomic E-state index is -0.146. The van der Waals surface area contributed by atoms with E-state index < -0.39 is 0 Å². The van der Waals surface area contributed by atoms with Crippen LogP contribution in [0.5, 0.6) is 0 Å². The minimum absolute atomic E-state index is 0.146. The van der Waals surface area contributed by atoms with Crippen LogP contribution < -0.4 is 5.56 Å². The van der Waals surface area contributed by atoms with Crippen LogP contribution in [0, 0.1) is 0 Å². The van der Waals surface area contributed by atoms with E-state index in [-0.39, 0.29) is 5.56 Å². The summed E-state index contributed by atoms with van der Waals surface area (Å²) in [5.74, 6) is 0. The molecule has 74 valence electrons. The highest BCUT2D eigenvalue weighted by Gasteiger charge is 1.99. The summed E-state index contributed by atoms with van der Waals surface area (Å²) >= 11 is 0. The number of nitrogens with zero attached hydrogens (tertiary/aromatic N) is 1. The van der Waals surface area contributed by atoms with Crippen molar-refractivity contribution in [2.24, 2.45) is 0 Å². The first-order valence-corrected chi connectivity index (χ1v) is 4.54. The molecular weight excluding hydrogens is 190 g/mol. The molecule has 1 heterocycles. The van der Waals surface area contributed by atoms with Gasteiger partial charge in [0, 0.05) is 23.5 Å². The van der Waals surface area contributed by atoms with Gasteiger partial charge in [-0.15, -0.1) is 0 Å². The summed E-state index contributed by atoms with van der Waals surface area (Å²) in [4.78, 5) is 22.1. The Morgan fingerprint density at radius 3 is 2.40 bits per heavy atom. The van der Waals surface area contributed by atoms with Crippen LogP contribution in [-0.2, 0) is 0 Å². The smallest absolute Gasteiger partial charge is 0.255 e. The van der Waals surface area contributed by atoms with E-state index in [9.17, 15) is 9.59 Å². The molecule has 0 unspecified atom stereocenters. The van der Waals surface area contributed by atoms with Crippen molar-refractivity contribution in [3.63, 3.8) is 0 Å². The van der Waals surface area contributed by atoms with Crippen molar-refractivity contribution in [1.29, 1.82) is 0 Å². The summed E-state index contributed by atoms with van der Waals surface area (Å²) in [7, 11) is 0. The number of pyridine rings is 1. The Bertz CT molecular complexity index is 529. The fraction of sp³-hybridized carbons (Fsp3) is 0. The molecular formula is C12H9NO2. The molecule has 15 heavy (non-hydrogen) atoms. The monoisotopic (exact) mass is 199 g/mol. The van der Waals surface area contributed by atoms with E-state index in [0.29, 0.717) is 5.56 Å². The third-order valence-corrected chi connectivity index (χ3v) is 2.10. The first kappa shape index (κ1) is 9.40. The van der Waals surface area contributed by atoms with E-state index in [2.05, 4.69) is 0 Å². The molecule has 0 radical (unpaired) electrons. The number of carbonyl (C=O) groups is 1. The van der Waals surface area contributed by atoms with Crippen LogP contribution in [0.2, 0.25) is 0 Å². The minimum Gasteiger partial charge on any atom is -0.298 e. The molecule has 3 nitrogen and oxygen atoms in total. The molecule has 2 aromatic rings. The Morgan fingerprint density at radius 1 is 1.00 bits per heavy atom. The SMILES string of the molecule is O=Cc1ccc(=O)n(-c2ccccc2)c1. The van der Waals surface area contributed by atoms with E-state index in [1.54, 1.807) is 0 Å². The predicted octanol–water partition coefficient (Wildman–Crippen LogP) is 1.65. The lowest BCUT2D eigenvalue weighted by molar-refractivity contribution is 0.112. The lowest BCUT2D eigenvalue weighted by atomic mass is 10.2. The van der Waals surface area contributed by atoms with Crippen LogP contribution in [-0.4, -0.2) is 10.9 Å². The molecule has 0 bridgehead atoms.